The Morgan fingerprint density at radius 1 is 1.04 bits per heavy atom. The first-order valence-corrected chi connectivity index (χ1v) is 15.2. The fourth-order valence-electron chi connectivity index (χ4n) is 5.15. The summed E-state index contributed by atoms with van der Waals surface area (Å²) in [6, 6.07) is 16.6. The Bertz CT molecular complexity index is 1560. The zero-order valence-electron chi connectivity index (χ0n) is 26.2. The van der Waals surface area contributed by atoms with Gasteiger partial charge in [-0.1, -0.05) is 43.6 Å². The summed E-state index contributed by atoms with van der Waals surface area (Å²) < 4.78 is 23.4. The predicted molar refractivity (Wildman–Crippen MR) is 172 cm³/mol. The van der Waals surface area contributed by atoms with Crippen molar-refractivity contribution in [2.24, 2.45) is 5.41 Å². The smallest absolute Gasteiger partial charge is 0.335 e. The van der Waals surface area contributed by atoms with E-state index in [4.69, 9.17) is 35.7 Å². The molecule has 0 unspecified atom stereocenters. The number of carbonyl (C=O) groups excluding carboxylic acids is 2. The number of aliphatic hydroxyl groups excluding tert-OH is 1. The molecule has 1 aliphatic heterocycles. The largest absolute Gasteiger partial charge is 0.494 e. The number of carboxylic acid groups (broad SMARTS) is 1. The minimum Gasteiger partial charge on any atom is -0.494 e. The molecule has 1 aliphatic rings. The van der Waals surface area contributed by atoms with Crippen LogP contribution in [0.5, 0.6) is 17.2 Å². The van der Waals surface area contributed by atoms with Crippen LogP contribution in [0.3, 0.4) is 0 Å². The number of methoxy groups -OCH3 is 2. The van der Waals surface area contributed by atoms with Gasteiger partial charge in [0, 0.05) is 46.9 Å². The summed E-state index contributed by atoms with van der Waals surface area (Å²) in [6.45, 7) is 4.14. The maximum atomic E-state index is 14.2. The Morgan fingerprint density at radius 2 is 1.80 bits per heavy atom. The molecule has 0 aromatic heterocycles. The van der Waals surface area contributed by atoms with Gasteiger partial charge in [0.1, 0.15) is 18.0 Å². The van der Waals surface area contributed by atoms with Crippen LogP contribution in [0.1, 0.15) is 54.3 Å². The summed E-state index contributed by atoms with van der Waals surface area (Å²) in [5, 5.41) is 22.5. The first kappa shape index (κ1) is 34.6. The number of aliphatic hydroxyl groups is 1. The van der Waals surface area contributed by atoms with Crippen LogP contribution in [-0.2, 0) is 14.3 Å². The lowest BCUT2D eigenvalue weighted by atomic mass is 9.92. The van der Waals surface area contributed by atoms with Crippen molar-refractivity contribution in [2.75, 3.05) is 45.4 Å². The van der Waals surface area contributed by atoms with Crippen LogP contribution in [0, 0.1) is 5.41 Å². The molecule has 11 nitrogen and oxygen atoms in total. The minimum atomic E-state index is -1.20. The lowest BCUT2D eigenvalue weighted by molar-refractivity contribution is -0.138. The molecule has 0 aliphatic carbocycles. The first-order chi connectivity index (χ1) is 22.0. The topological polar surface area (TPSA) is 144 Å². The van der Waals surface area contributed by atoms with Crippen LogP contribution in [0.25, 0.3) is 0 Å². The summed E-state index contributed by atoms with van der Waals surface area (Å²) in [5.74, 6) is -0.612. The van der Waals surface area contributed by atoms with Crippen molar-refractivity contribution in [1.82, 2.24) is 5.32 Å². The van der Waals surface area contributed by atoms with Crippen LogP contribution in [0.2, 0.25) is 5.02 Å². The lowest BCUT2D eigenvalue weighted by Crippen LogP contribution is -2.46. The van der Waals surface area contributed by atoms with E-state index in [9.17, 15) is 19.5 Å². The molecule has 0 spiro atoms. The van der Waals surface area contributed by atoms with Gasteiger partial charge in [0.25, 0.3) is 5.91 Å². The molecule has 2 atom stereocenters. The monoisotopic (exact) mass is 654 g/mol. The van der Waals surface area contributed by atoms with Crippen molar-refractivity contribution in [2.45, 2.75) is 38.9 Å². The third kappa shape index (κ3) is 8.28. The average molecular weight is 655 g/mol. The van der Waals surface area contributed by atoms with Gasteiger partial charge >= 0.3 is 5.97 Å². The lowest BCUT2D eigenvalue weighted by Gasteiger charge is -2.32. The molecule has 0 saturated carbocycles. The van der Waals surface area contributed by atoms with Crippen LogP contribution < -0.4 is 24.4 Å². The molecule has 0 saturated heterocycles. The van der Waals surface area contributed by atoms with Gasteiger partial charge in [-0.05, 0) is 48.9 Å². The summed E-state index contributed by atoms with van der Waals surface area (Å²) in [5.41, 5.74) is 1.16. The number of para-hydroxylation sites is 1. The highest BCUT2D eigenvalue weighted by molar-refractivity contribution is 6.30. The number of anilines is 1. The number of amides is 2. The van der Waals surface area contributed by atoms with E-state index in [1.54, 1.807) is 53.4 Å². The van der Waals surface area contributed by atoms with Crippen LogP contribution in [0.15, 0.2) is 60.7 Å². The molecule has 0 bridgehead atoms. The number of nitrogens with one attached hydrogen (secondary N) is 1. The summed E-state index contributed by atoms with van der Waals surface area (Å²) in [6.07, 6.45) is -1.90. The first-order valence-electron chi connectivity index (χ1n) is 14.8. The molecule has 3 aromatic carbocycles. The van der Waals surface area contributed by atoms with Crippen molar-refractivity contribution in [3.63, 3.8) is 0 Å². The number of nitrogens with zero attached hydrogens (tertiary/aromatic N) is 1. The van der Waals surface area contributed by atoms with E-state index < -0.39 is 35.4 Å². The zero-order chi connectivity index (χ0) is 33.4. The molecule has 2 amide bonds. The highest BCUT2D eigenvalue weighted by Gasteiger charge is 2.40. The van der Waals surface area contributed by atoms with Crippen molar-refractivity contribution in [1.29, 1.82) is 0 Å². The second-order valence-electron chi connectivity index (χ2n) is 11.6. The molecule has 1 heterocycles. The normalized spacial score (nSPS) is 16.3. The number of fused-ring (bicyclic) bond motifs is 1. The van der Waals surface area contributed by atoms with Crippen LogP contribution in [-0.4, -0.2) is 74.6 Å². The molecule has 46 heavy (non-hydrogen) atoms. The van der Waals surface area contributed by atoms with Crippen LogP contribution >= 0.6 is 11.6 Å². The Morgan fingerprint density at radius 3 is 2.50 bits per heavy atom. The highest BCUT2D eigenvalue weighted by Crippen LogP contribution is 2.45. The number of rotatable bonds is 14. The summed E-state index contributed by atoms with van der Waals surface area (Å²) in [7, 11) is 3.03. The Kier molecular flexibility index (Phi) is 11.5. The van der Waals surface area contributed by atoms with Crippen LogP contribution in [0.4, 0.5) is 5.69 Å². The van der Waals surface area contributed by atoms with E-state index in [2.05, 4.69) is 5.32 Å². The van der Waals surface area contributed by atoms with Gasteiger partial charge < -0.3 is 39.4 Å². The van der Waals surface area contributed by atoms with Crippen molar-refractivity contribution in [3.8, 4) is 17.2 Å². The Hall–Kier alpha value is -4.32. The third-order valence-electron chi connectivity index (χ3n) is 7.50. The minimum absolute atomic E-state index is 0.115. The number of benzene rings is 3. The second kappa shape index (κ2) is 15.3. The number of hydrogen-bond acceptors (Lipinski definition) is 8. The number of aromatic carboxylic acids is 1. The SMILES string of the molecule is COc1cccc([C@H]2O[C@H](CC(=O)NCCCOc3cccc(C(=O)O)c3)C(=O)N(CC(C)(C)CO)c3ccc(Cl)cc32)c1OC. The van der Waals surface area contributed by atoms with E-state index in [0.29, 0.717) is 45.5 Å². The standard InChI is InChI=1S/C34H39ClN2O9/c1-34(2,20-38)19-37-26-13-12-22(35)17-25(26)30(24-10-6-11-27(43-3)31(24)44-4)46-28(32(37)40)18-29(39)36-14-7-15-45-23-9-5-8-21(16-23)33(41)42/h5-6,8-13,16-17,28,30,38H,7,14-15,18-20H2,1-4H3,(H,36,39)(H,41,42)/t28-,30-/m1/s1. The van der Waals surface area contributed by atoms with Gasteiger partial charge in [-0.25, -0.2) is 4.79 Å². The molecular formula is C34H39ClN2O9. The molecular weight excluding hydrogens is 616 g/mol. The van der Waals surface area contributed by atoms with Gasteiger partial charge in [0.05, 0.1) is 32.8 Å². The summed E-state index contributed by atoms with van der Waals surface area (Å²) >= 11 is 6.47. The van der Waals surface area contributed by atoms with Gasteiger partial charge in [-0.3, -0.25) is 9.59 Å². The predicted octanol–water partition coefficient (Wildman–Crippen LogP) is 4.87. The quantitative estimate of drug-likeness (QED) is 0.207. The number of hydrogen-bond donors (Lipinski definition) is 3. The molecule has 4 rings (SSSR count). The van der Waals surface area contributed by atoms with Crippen molar-refractivity contribution >= 4 is 35.1 Å². The van der Waals surface area contributed by atoms with E-state index in [1.165, 1.54) is 26.4 Å². The van der Waals surface area contributed by atoms with E-state index >= 15 is 0 Å². The van der Waals surface area contributed by atoms with Gasteiger partial charge in [0.2, 0.25) is 5.91 Å². The molecule has 3 N–H and O–H groups in total. The van der Waals surface area contributed by atoms with E-state index in [1.807, 2.05) is 13.8 Å². The zero-order valence-corrected chi connectivity index (χ0v) is 27.0. The number of halogens is 1. The summed E-state index contributed by atoms with van der Waals surface area (Å²) in [4.78, 5) is 40.1. The Labute approximate surface area is 273 Å². The van der Waals surface area contributed by atoms with Crippen molar-refractivity contribution in [3.05, 3.63) is 82.4 Å². The molecule has 3 aromatic rings. The number of ether oxygens (including phenoxy) is 4. The third-order valence-corrected chi connectivity index (χ3v) is 7.73. The highest BCUT2D eigenvalue weighted by atomic mass is 35.5. The van der Waals surface area contributed by atoms with Gasteiger partial charge in [-0.15, -0.1) is 0 Å². The van der Waals surface area contributed by atoms with Gasteiger partial charge in [-0.2, -0.15) is 0 Å². The van der Waals surface area contributed by atoms with Gasteiger partial charge in [0.15, 0.2) is 11.5 Å². The second-order valence-corrected chi connectivity index (χ2v) is 12.1. The number of carboxylic acids is 1. The molecule has 0 radical (unpaired) electrons. The average Bonchev–Trinajstić information content (AvgIpc) is 3.14. The maximum Gasteiger partial charge on any atom is 0.335 e. The number of carbonyl (C=O) groups is 3. The van der Waals surface area contributed by atoms with Crippen molar-refractivity contribution < 1.29 is 43.5 Å². The Balaban J connectivity index is 1.57. The molecule has 12 heteroatoms. The fraction of sp³-hybridized carbons (Fsp3) is 0.382. The van der Waals surface area contributed by atoms with E-state index in [0.717, 1.165) is 0 Å². The fourth-order valence-corrected chi connectivity index (χ4v) is 5.34. The molecule has 0 fully saturated rings. The van der Waals surface area contributed by atoms with E-state index in [-0.39, 0.29) is 38.3 Å². The molecule has 246 valence electrons. The maximum absolute atomic E-state index is 14.2.